The Labute approximate surface area is 137 Å². The normalized spacial score (nSPS) is 21.8. The second-order valence-electron chi connectivity index (χ2n) is 6.18. The molecular formula is C17H21F5O2. The van der Waals surface area contributed by atoms with E-state index < -0.39 is 35.9 Å². The molecule has 0 spiro atoms. The lowest BCUT2D eigenvalue weighted by Gasteiger charge is -2.29. The van der Waals surface area contributed by atoms with E-state index in [4.69, 9.17) is 4.74 Å². The van der Waals surface area contributed by atoms with E-state index in [1.54, 1.807) is 0 Å². The van der Waals surface area contributed by atoms with Crippen LogP contribution >= 0.6 is 0 Å². The molecule has 0 amide bonds. The summed E-state index contributed by atoms with van der Waals surface area (Å²) in [6, 6.07) is 0.755. The Morgan fingerprint density at radius 1 is 1.04 bits per heavy atom. The Hall–Kier alpha value is -1.37. The summed E-state index contributed by atoms with van der Waals surface area (Å²) < 4.78 is 75.8. The van der Waals surface area contributed by atoms with Crippen molar-refractivity contribution < 1.29 is 31.4 Å². The Bertz CT molecular complexity index is 519. The monoisotopic (exact) mass is 352 g/mol. The molecule has 0 radical (unpaired) electrons. The second-order valence-corrected chi connectivity index (χ2v) is 6.18. The molecule has 2 rings (SSSR count). The van der Waals surface area contributed by atoms with E-state index in [2.05, 4.69) is 11.7 Å². The summed E-state index contributed by atoms with van der Waals surface area (Å²) >= 11 is 0. The van der Waals surface area contributed by atoms with Gasteiger partial charge in [-0.3, -0.25) is 0 Å². The predicted octanol–water partition coefficient (Wildman–Crippen LogP) is 5.45. The number of alkyl halides is 2. The number of halogens is 5. The molecule has 1 aliphatic rings. The molecule has 24 heavy (non-hydrogen) atoms. The molecule has 0 heterocycles. The summed E-state index contributed by atoms with van der Waals surface area (Å²) in [5.41, 5.74) is 0. The van der Waals surface area contributed by atoms with Crippen LogP contribution in [0.25, 0.3) is 0 Å². The first-order valence-corrected chi connectivity index (χ1v) is 8.13. The molecular weight excluding hydrogens is 331 g/mol. The maximum Gasteiger partial charge on any atom is 0.421 e. The molecule has 136 valence electrons. The molecule has 0 bridgehead atoms. The third-order valence-electron chi connectivity index (χ3n) is 4.20. The number of rotatable bonds is 7. The van der Waals surface area contributed by atoms with Crippen molar-refractivity contribution in [2.75, 3.05) is 6.61 Å². The van der Waals surface area contributed by atoms with Crippen molar-refractivity contribution in [2.24, 2.45) is 5.92 Å². The van der Waals surface area contributed by atoms with Crippen molar-refractivity contribution in [1.82, 2.24) is 0 Å². The first-order chi connectivity index (χ1) is 11.3. The molecule has 1 saturated carbocycles. The Balaban J connectivity index is 1.84. The molecule has 1 fully saturated rings. The quantitative estimate of drug-likeness (QED) is 0.480. The molecule has 0 aromatic heterocycles. The van der Waals surface area contributed by atoms with Gasteiger partial charge in [-0.05, 0) is 31.6 Å². The molecule has 0 N–H and O–H groups in total. The van der Waals surface area contributed by atoms with Crippen LogP contribution in [0.2, 0.25) is 0 Å². The van der Waals surface area contributed by atoms with Crippen LogP contribution in [0.1, 0.15) is 45.4 Å². The minimum absolute atomic E-state index is 0.269. The van der Waals surface area contributed by atoms with Gasteiger partial charge in [0.15, 0.2) is 24.1 Å². The number of benzene rings is 1. The maximum atomic E-state index is 13.7. The highest BCUT2D eigenvalue weighted by Gasteiger charge is 2.35. The lowest BCUT2D eigenvalue weighted by atomic mass is 9.85. The average Bonchev–Trinajstić information content (AvgIpc) is 2.52. The van der Waals surface area contributed by atoms with Crippen LogP contribution in [-0.2, 0) is 4.74 Å². The molecule has 7 heteroatoms. The molecule has 0 aliphatic heterocycles. The van der Waals surface area contributed by atoms with Crippen molar-refractivity contribution in [3.8, 4) is 5.75 Å². The predicted molar refractivity (Wildman–Crippen MR) is 78.5 cm³/mol. The second kappa shape index (κ2) is 8.14. The van der Waals surface area contributed by atoms with Gasteiger partial charge in [0.1, 0.15) is 5.75 Å². The van der Waals surface area contributed by atoms with Crippen LogP contribution in [0.3, 0.4) is 0 Å². The van der Waals surface area contributed by atoms with Crippen molar-refractivity contribution in [2.45, 2.75) is 57.7 Å². The van der Waals surface area contributed by atoms with Gasteiger partial charge in [0.05, 0.1) is 6.10 Å². The zero-order valence-electron chi connectivity index (χ0n) is 13.5. The van der Waals surface area contributed by atoms with Crippen molar-refractivity contribution >= 4 is 0 Å². The zero-order chi connectivity index (χ0) is 17.7. The van der Waals surface area contributed by atoms with Gasteiger partial charge < -0.3 is 9.47 Å². The van der Waals surface area contributed by atoms with E-state index in [0.717, 1.165) is 25.7 Å². The van der Waals surface area contributed by atoms with Crippen LogP contribution in [0.5, 0.6) is 5.75 Å². The topological polar surface area (TPSA) is 18.5 Å². The van der Waals surface area contributed by atoms with Gasteiger partial charge >= 0.3 is 6.11 Å². The number of hydrogen-bond acceptors (Lipinski definition) is 2. The van der Waals surface area contributed by atoms with Crippen molar-refractivity contribution in [3.05, 3.63) is 29.6 Å². The number of hydrogen-bond donors (Lipinski definition) is 0. The van der Waals surface area contributed by atoms with E-state index in [9.17, 15) is 22.0 Å². The van der Waals surface area contributed by atoms with Gasteiger partial charge in [-0.25, -0.2) is 13.2 Å². The highest BCUT2D eigenvalue weighted by molar-refractivity contribution is 5.25. The summed E-state index contributed by atoms with van der Waals surface area (Å²) in [5, 5.41) is 0. The third kappa shape index (κ3) is 5.33. The highest BCUT2D eigenvalue weighted by atomic mass is 19.3. The van der Waals surface area contributed by atoms with Gasteiger partial charge in [0, 0.05) is 12.1 Å². The molecule has 1 aromatic carbocycles. The highest BCUT2D eigenvalue weighted by Crippen LogP contribution is 2.31. The van der Waals surface area contributed by atoms with E-state index >= 15 is 0 Å². The Morgan fingerprint density at radius 2 is 1.62 bits per heavy atom. The van der Waals surface area contributed by atoms with E-state index in [-0.39, 0.29) is 6.10 Å². The van der Waals surface area contributed by atoms with Crippen LogP contribution in [0.4, 0.5) is 22.0 Å². The Kier molecular flexibility index (Phi) is 6.43. The van der Waals surface area contributed by atoms with Gasteiger partial charge in [0.2, 0.25) is 0 Å². The van der Waals surface area contributed by atoms with E-state index in [0.29, 0.717) is 30.9 Å². The molecule has 2 nitrogen and oxygen atoms in total. The van der Waals surface area contributed by atoms with E-state index in [1.165, 1.54) is 0 Å². The molecule has 0 saturated heterocycles. The first-order valence-electron chi connectivity index (χ1n) is 8.13. The molecule has 1 aliphatic carbocycles. The maximum absolute atomic E-state index is 13.7. The fourth-order valence-electron chi connectivity index (χ4n) is 3.00. The summed E-state index contributed by atoms with van der Waals surface area (Å²) in [6.07, 6.45) is 1.52. The van der Waals surface area contributed by atoms with Crippen molar-refractivity contribution in [1.29, 1.82) is 0 Å². The summed E-state index contributed by atoms with van der Waals surface area (Å²) in [7, 11) is 0. The number of ether oxygens (including phenoxy) is 2. The first kappa shape index (κ1) is 19.0. The fourth-order valence-corrected chi connectivity index (χ4v) is 3.00. The lowest BCUT2D eigenvalue weighted by Crippen LogP contribution is -2.34. The van der Waals surface area contributed by atoms with Crippen LogP contribution in [0, 0.1) is 23.4 Å². The lowest BCUT2D eigenvalue weighted by molar-refractivity contribution is -0.222. The largest absolute Gasteiger partial charge is 0.431 e. The van der Waals surface area contributed by atoms with Crippen molar-refractivity contribution in [3.63, 3.8) is 0 Å². The molecule has 1 aromatic rings. The minimum Gasteiger partial charge on any atom is -0.431 e. The van der Waals surface area contributed by atoms with Crippen LogP contribution in [0.15, 0.2) is 12.1 Å². The van der Waals surface area contributed by atoms with Gasteiger partial charge in [-0.15, -0.1) is 0 Å². The Morgan fingerprint density at radius 3 is 2.17 bits per heavy atom. The van der Waals surface area contributed by atoms with Gasteiger partial charge in [-0.1, -0.05) is 19.8 Å². The average molecular weight is 352 g/mol. The van der Waals surface area contributed by atoms with Crippen LogP contribution < -0.4 is 4.74 Å². The fraction of sp³-hybridized carbons (Fsp3) is 0.647. The zero-order valence-corrected chi connectivity index (χ0v) is 13.5. The summed E-state index contributed by atoms with van der Waals surface area (Å²) in [6.45, 7) is 1.10. The summed E-state index contributed by atoms with van der Waals surface area (Å²) in [4.78, 5) is 0. The van der Waals surface area contributed by atoms with Gasteiger partial charge in [-0.2, -0.15) is 8.78 Å². The molecule has 0 unspecified atom stereocenters. The van der Waals surface area contributed by atoms with Gasteiger partial charge in [0.25, 0.3) is 0 Å². The standard InChI is InChI=1S/C17H21F5O2/c1-2-3-11-4-6-12(7-5-11)23-10-17(21,22)24-13-8-14(18)16(20)15(19)9-13/h8-9,11-12H,2-7,10H2,1H3. The smallest absolute Gasteiger partial charge is 0.421 e. The SMILES string of the molecule is CCCC1CCC(OCC(F)(F)Oc2cc(F)c(F)c(F)c2)CC1. The third-order valence-corrected chi connectivity index (χ3v) is 4.20. The molecule has 0 atom stereocenters. The summed E-state index contributed by atoms with van der Waals surface area (Å²) in [5.74, 6) is -5.07. The minimum atomic E-state index is -3.75. The van der Waals surface area contributed by atoms with Crippen LogP contribution in [-0.4, -0.2) is 18.8 Å². The van der Waals surface area contributed by atoms with E-state index in [1.807, 2.05) is 0 Å².